The van der Waals surface area contributed by atoms with Gasteiger partial charge < -0.3 is 20.6 Å². The molecule has 184 valence electrons. The molecule has 35 heavy (non-hydrogen) atoms. The summed E-state index contributed by atoms with van der Waals surface area (Å²) >= 11 is 0. The summed E-state index contributed by atoms with van der Waals surface area (Å²) in [5.74, 6) is 0.346. The van der Waals surface area contributed by atoms with E-state index in [-0.39, 0.29) is 36.0 Å². The third kappa shape index (κ3) is 5.07. The van der Waals surface area contributed by atoms with Gasteiger partial charge in [0.2, 0.25) is 5.91 Å². The monoisotopic (exact) mass is 478 g/mol. The molecule has 5 rings (SSSR count). The van der Waals surface area contributed by atoms with E-state index in [9.17, 15) is 19.5 Å². The largest absolute Gasteiger partial charge is 0.388 e. The molecule has 1 saturated carbocycles. The molecule has 1 atom stereocenters. The van der Waals surface area contributed by atoms with Crippen LogP contribution in [0, 0.1) is 5.92 Å². The molecule has 1 saturated heterocycles. The smallest absolute Gasteiger partial charge is 0.319 e. The van der Waals surface area contributed by atoms with E-state index in [0.717, 1.165) is 18.4 Å². The molecule has 3 aromatic rings. The number of fused-ring (bicyclic) bond motifs is 1. The molecule has 0 spiro atoms. The summed E-state index contributed by atoms with van der Waals surface area (Å²) in [6.07, 6.45) is 5.72. The first-order valence-corrected chi connectivity index (χ1v) is 12.0. The van der Waals surface area contributed by atoms with Crippen molar-refractivity contribution in [2.45, 2.75) is 50.8 Å². The molecule has 0 radical (unpaired) electrons. The predicted molar refractivity (Wildman–Crippen MR) is 130 cm³/mol. The third-order valence-electron chi connectivity index (χ3n) is 6.90. The molecule has 10 heteroatoms. The number of rotatable bonds is 6. The Labute approximate surface area is 202 Å². The molecular weight excluding hydrogens is 448 g/mol. The van der Waals surface area contributed by atoms with Crippen LogP contribution in [-0.4, -0.2) is 54.8 Å². The number of hydrogen-bond acceptors (Lipinski definition) is 5. The molecule has 3 heterocycles. The molecule has 2 aromatic heterocycles. The first kappa shape index (κ1) is 23.1. The second-order valence-electron chi connectivity index (χ2n) is 9.68. The number of carbonyl (C=O) groups excluding carboxylic acids is 2. The fourth-order valence-electron chi connectivity index (χ4n) is 4.60. The first-order chi connectivity index (χ1) is 16.8. The Morgan fingerprint density at radius 1 is 1.20 bits per heavy atom. The minimum Gasteiger partial charge on any atom is -0.388 e. The maximum absolute atomic E-state index is 13.1. The number of nitrogens with zero attached hydrogens (tertiary/aromatic N) is 4. The van der Waals surface area contributed by atoms with Crippen molar-refractivity contribution in [3.05, 3.63) is 64.8 Å². The Hall–Kier alpha value is -3.66. The Balaban J connectivity index is 1.23. The van der Waals surface area contributed by atoms with Crippen LogP contribution in [0.4, 0.5) is 10.5 Å². The van der Waals surface area contributed by atoms with Gasteiger partial charge in [-0.2, -0.15) is 5.10 Å². The number of anilines is 1. The van der Waals surface area contributed by atoms with Crippen LogP contribution in [0.5, 0.6) is 0 Å². The summed E-state index contributed by atoms with van der Waals surface area (Å²) in [5.41, 5.74) is 0.330. The van der Waals surface area contributed by atoms with Crippen LogP contribution in [-0.2, 0) is 11.3 Å². The number of urea groups is 1. The highest BCUT2D eigenvalue weighted by atomic mass is 16.3. The maximum atomic E-state index is 13.1. The van der Waals surface area contributed by atoms with Crippen molar-refractivity contribution < 1.29 is 14.7 Å². The van der Waals surface area contributed by atoms with Crippen molar-refractivity contribution in [3.63, 3.8) is 0 Å². The Morgan fingerprint density at radius 2 is 1.91 bits per heavy atom. The van der Waals surface area contributed by atoms with E-state index in [4.69, 9.17) is 0 Å². The standard InChI is InChI=1S/C25H30N6O4/c1-17(18-5-3-2-4-6-18)27-24(34)28-20-13-21-23(33)30(16-26-31(21)14-20)15-25(35)9-11-29(12-10-25)22(32)19-7-8-19/h2-6,13-14,16-17,19,35H,7-12,15H2,1H3,(H2,27,28,34)/t17-/m1/s1. The molecule has 0 bridgehead atoms. The molecule has 2 aliphatic rings. The van der Waals surface area contributed by atoms with Crippen molar-refractivity contribution in [2.24, 2.45) is 5.92 Å². The summed E-state index contributed by atoms with van der Waals surface area (Å²) in [6, 6.07) is 10.6. The van der Waals surface area contributed by atoms with Crippen LogP contribution in [0.3, 0.4) is 0 Å². The zero-order valence-corrected chi connectivity index (χ0v) is 19.7. The van der Waals surface area contributed by atoms with E-state index in [2.05, 4.69) is 15.7 Å². The second-order valence-corrected chi connectivity index (χ2v) is 9.68. The van der Waals surface area contributed by atoms with Crippen LogP contribution >= 0.6 is 0 Å². The van der Waals surface area contributed by atoms with Gasteiger partial charge in [0.1, 0.15) is 11.8 Å². The average molecular weight is 479 g/mol. The quantitative estimate of drug-likeness (QED) is 0.501. The zero-order chi connectivity index (χ0) is 24.6. The lowest BCUT2D eigenvalue weighted by atomic mass is 9.91. The van der Waals surface area contributed by atoms with Gasteiger partial charge in [-0.3, -0.25) is 14.2 Å². The number of aliphatic hydroxyl groups is 1. The highest BCUT2D eigenvalue weighted by Gasteiger charge is 2.39. The van der Waals surface area contributed by atoms with Gasteiger partial charge in [-0.1, -0.05) is 30.3 Å². The topological polar surface area (TPSA) is 121 Å². The molecule has 3 amide bonds. The van der Waals surface area contributed by atoms with Gasteiger partial charge in [-0.05, 0) is 44.2 Å². The molecule has 2 fully saturated rings. The molecule has 1 aliphatic heterocycles. The van der Waals surface area contributed by atoms with Crippen LogP contribution in [0.15, 0.2) is 53.7 Å². The van der Waals surface area contributed by atoms with Gasteiger partial charge in [-0.25, -0.2) is 9.31 Å². The molecular formula is C25H30N6O4. The summed E-state index contributed by atoms with van der Waals surface area (Å²) in [6.45, 7) is 2.98. The van der Waals surface area contributed by atoms with E-state index in [1.807, 2.05) is 42.2 Å². The van der Waals surface area contributed by atoms with E-state index in [0.29, 0.717) is 37.1 Å². The van der Waals surface area contributed by atoms with Crippen molar-refractivity contribution in [2.75, 3.05) is 18.4 Å². The molecule has 1 aliphatic carbocycles. The fourth-order valence-corrected chi connectivity index (χ4v) is 4.60. The van der Waals surface area contributed by atoms with Gasteiger partial charge >= 0.3 is 6.03 Å². The SMILES string of the molecule is C[C@@H](NC(=O)Nc1cc2c(=O)n(CC3(O)CCN(C(=O)C4CC4)CC3)cnn2c1)c1ccccc1. The van der Waals surface area contributed by atoms with E-state index >= 15 is 0 Å². The maximum Gasteiger partial charge on any atom is 0.319 e. The number of carbonyl (C=O) groups is 2. The normalized spacial score (nSPS) is 18.3. The lowest BCUT2D eigenvalue weighted by molar-refractivity contribution is -0.137. The van der Waals surface area contributed by atoms with E-state index < -0.39 is 5.60 Å². The Morgan fingerprint density at radius 3 is 2.60 bits per heavy atom. The van der Waals surface area contributed by atoms with Gasteiger partial charge in [0.25, 0.3) is 5.56 Å². The molecule has 1 aromatic carbocycles. The predicted octanol–water partition coefficient (Wildman–Crippen LogP) is 2.14. The van der Waals surface area contributed by atoms with Gasteiger partial charge in [-0.15, -0.1) is 0 Å². The van der Waals surface area contributed by atoms with Crippen LogP contribution in [0.25, 0.3) is 5.52 Å². The van der Waals surface area contributed by atoms with E-state index in [1.54, 1.807) is 12.3 Å². The van der Waals surface area contributed by atoms with Crippen molar-refractivity contribution >= 4 is 23.1 Å². The number of piperidine rings is 1. The molecule has 3 N–H and O–H groups in total. The summed E-state index contributed by atoms with van der Waals surface area (Å²) in [4.78, 5) is 39.6. The summed E-state index contributed by atoms with van der Waals surface area (Å²) < 4.78 is 2.81. The average Bonchev–Trinajstić information content (AvgIpc) is 3.62. The number of aromatic nitrogens is 3. The minimum atomic E-state index is -1.08. The van der Waals surface area contributed by atoms with Gasteiger partial charge in [0.15, 0.2) is 0 Å². The Kier molecular flexibility index (Phi) is 6.06. The second kappa shape index (κ2) is 9.18. The van der Waals surface area contributed by atoms with Crippen LogP contribution < -0.4 is 16.2 Å². The number of nitrogens with one attached hydrogen (secondary N) is 2. The summed E-state index contributed by atoms with van der Waals surface area (Å²) in [5, 5.41) is 21.0. The number of benzene rings is 1. The number of hydrogen-bond donors (Lipinski definition) is 3. The molecule has 10 nitrogen and oxygen atoms in total. The van der Waals surface area contributed by atoms with E-state index in [1.165, 1.54) is 15.4 Å². The van der Waals surface area contributed by atoms with Gasteiger partial charge in [0, 0.05) is 19.0 Å². The highest BCUT2D eigenvalue weighted by Crippen LogP contribution is 2.33. The molecule has 0 unspecified atom stereocenters. The van der Waals surface area contributed by atoms with Crippen molar-refractivity contribution in [1.82, 2.24) is 24.4 Å². The first-order valence-electron chi connectivity index (χ1n) is 12.0. The zero-order valence-electron chi connectivity index (χ0n) is 19.7. The number of amides is 3. The lowest BCUT2D eigenvalue weighted by Crippen LogP contribution is -2.50. The number of likely N-dealkylation sites (tertiary alicyclic amines) is 1. The van der Waals surface area contributed by atoms with Crippen LogP contribution in [0.1, 0.15) is 44.2 Å². The highest BCUT2D eigenvalue weighted by molar-refractivity contribution is 5.90. The fraction of sp³-hybridized carbons (Fsp3) is 0.440. The van der Waals surface area contributed by atoms with Crippen molar-refractivity contribution in [1.29, 1.82) is 0 Å². The van der Waals surface area contributed by atoms with Crippen LogP contribution in [0.2, 0.25) is 0 Å². The minimum absolute atomic E-state index is 0.101. The van der Waals surface area contributed by atoms with Gasteiger partial charge in [0.05, 0.1) is 30.1 Å². The summed E-state index contributed by atoms with van der Waals surface area (Å²) in [7, 11) is 0. The Bertz CT molecular complexity index is 1290. The van der Waals surface area contributed by atoms with Crippen molar-refractivity contribution in [3.8, 4) is 0 Å². The lowest BCUT2D eigenvalue weighted by Gasteiger charge is -2.38. The third-order valence-corrected chi connectivity index (χ3v) is 6.90.